The van der Waals surface area contributed by atoms with Crippen molar-refractivity contribution in [2.45, 2.75) is 213 Å². The molecule has 0 atom stereocenters. The summed E-state index contributed by atoms with van der Waals surface area (Å²) in [6, 6.07) is 3.56. The zero-order valence-corrected chi connectivity index (χ0v) is 31.2. The van der Waals surface area contributed by atoms with Gasteiger partial charge in [-0.2, -0.15) is 0 Å². The van der Waals surface area contributed by atoms with Crippen LogP contribution in [-0.4, -0.2) is 24.9 Å². The Balaban J connectivity index is 2.47. The second kappa shape index (κ2) is 33.3. The molecule has 0 saturated heterocycles. The van der Waals surface area contributed by atoms with E-state index in [9.17, 15) is 5.11 Å². The van der Waals surface area contributed by atoms with Crippen LogP contribution in [-0.2, 0) is 0 Å². The normalized spacial score (nSPS) is 11.3. The second-order valence-corrected chi connectivity index (χ2v) is 13.8. The molecule has 0 spiro atoms. The summed E-state index contributed by atoms with van der Waals surface area (Å²) in [5.74, 6) is 1.91. The highest BCUT2D eigenvalue weighted by Gasteiger charge is 2.18. The van der Waals surface area contributed by atoms with Crippen LogP contribution in [0.15, 0.2) is 12.1 Å². The van der Waals surface area contributed by atoms with Gasteiger partial charge in [0.2, 0.25) is 11.5 Å². The number of aromatic hydroxyl groups is 1. The molecular formula is C42H78O4. The standard InChI is InChI=1S/C42H78O4/c1-4-7-10-13-16-19-22-25-28-31-36-44-40-35-34-39(43)41(45-37-32-29-26-23-20-17-14-11-8-5-2)42(40)46-38-33-30-27-24-21-18-15-12-9-6-3/h34-35,43H,4-33,36-38H2,1-3H3. The molecular weight excluding hydrogens is 568 g/mol. The summed E-state index contributed by atoms with van der Waals surface area (Å²) < 4.78 is 18.7. The molecule has 0 saturated carbocycles. The number of unbranched alkanes of at least 4 members (excludes halogenated alkanes) is 27. The third-order valence-electron chi connectivity index (χ3n) is 9.30. The van der Waals surface area contributed by atoms with Gasteiger partial charge < -0.3 is 19.3 Å². The van der Waals surface area contributed by atoms with Crippen molar-refractivity contribution in [1.82, 2.24) is 0 Å². The SMILES string of the molecule is CCCCCCCCCCCCOc1ccc(O)c(OCCCCCCCCCCCC)c1OCCCCCCCCCCCC. The minimum absolute atomic E-state index is 0.149. The molecule has 0 aliphatic carbocycles. The molecule has 4 nitrogen and oxygen atoms in total. The largest absolute Gasteiger partial charge is 0.504 e. The van der Waals surface area contributed by atoms with Crippen LogP contribution in [0.4, 0.5) is 0 Å². The van der Waals surface area contributed by atoms with Crippen LogP contribution in [0, 0.1) is 0 Å². The molecule has 0 aliphatic heterocycles. The maximum atomic E-state index is 10.8. The lowest BCUT2D eigenvalue weighted by Crippen LogP contribution is -2.06. The van der Waals surface area contributed by atoms with Crippen molar-refractivity contribution in [2.24, 2.45) is 0 Å². The molecule has 1 rings (SSSR count). The predicted octanol–water partition coefficient (Wildman–Crippen LogP) is 14.3. The monoisotopic (exact) mass is 647 g/mol. The van der Waals surface area contributed by atoms with Crippen molar-refractivity contribution in [2.75, 3.05) is 19.8 Å². The van der Waals surface area contributed by atoms with Crippen LogP contribution in [0.25, 0.3) is 0 Å². The van der Waals surface area contributed by atoms with Crippen LogP contribution in [0.1, 0.15) is 213 Å². The molecule has 0 heterocycles. The summed E-state index contributed by atoms with van der Waals surface area (Å²) >= 11 is 0. The van der Waals surface area contributed by atoms with Gasteiger partial charge in [-0.15, -0.1) is 0 Å². The summed E-state index contributed by atoms with van der Waals surface area (Å²) in [6.45, 7) is 8.73. The number of phenols is 1. The first-order valence-corrected chi connectivity index (χ1v) is 20.5. The Hall–Kier alpha value is -1.58. The fraction of sp³-hybridized carbons (Fsp3) is 0.857. The maximum absolute atomic E-state index is 10.8. The van der Waals surface area contributed by atoms with Crippen molar-refractivity contribution in [3.05, 3.63) is 12.1 Å². The number of rotatable bonds is 36. The fourth-order valence-electron chi connectivity index (χ4n) is 6.22. The lowest BCUT2D eigenvalue weighted by Gasteiger charge is -2.18. The minimum Gasteiger partial charge on any atom is -0.504 e. The molecule has 0 aromatic heterocycles. The van der Waals surface area contributed by atoms with E-state index in [1.54, 1.807) is 6.07 Å². The molecule has 1 aromatic rings. The van der Waals surface area contributed by atoms with E-state index in [4.69, 9.17) is 14.2 Å². The molecule has 0 bridgehead atoms. The number of hydrogen-bond acceptors (Lipinski definition) is 4. The smallest absolute Gasteiger partial charge is 0.207 e. The summed E-state index contributed by atoms with van der Waals surface area (Å²) in [7, 11) is 0. The van der Waals surface area contributed by atoms with Crippen LogP contribution in [0.5, 0.6) is 23.0 Å². The lowest BCUT2D eigenvalue weighted by molar-refractivity contribution is 0.228. The van der Waals surface area contributed by atoms with E-state index in [2.05, 4.69) is 20.8 Å². The molecule has 46 heavy (non-hydrogen) atoms. The Labute approximate surface area is 287 Å². The van der Waals surface area contributed by atoms with Gasteiger partial charge in [-0.05, 0) is 31.4 Å². The van der Waals surface area contributed by atoms with Crippen molar-refractivity contribution in [3.63, 3.8) is 0 Å². The number of benzene rings is 1. The van der Waals surface area contributed by atoms with Crippen LogP contribution >= 0.6 is 0 Å². The molecule has 270 valence electrons. The summed E-state index contributed by atoms with van der Waals surface area (Å²) in [5, 5.41) is 10.8. The number of hydrogen-bond donors (Lipinski definition) is 1. The van der Waals surface area contributed by atoms with Crippen LogP contribution < -0.4 is 14.2 Å². The van der Waals surface area contributed by atoms with Gasteiger partial charge in [0, 0.05) is 0 Å². The average Bonchev–Trinajstić information content (AvgIpc) is 3.06. The van der Waals surface area contributed by atoms with Crippen molar-refractivity contribution >= 4 is 0 Å². The summed E-state index contributed by atoms with van der Waals surface area (Å²) in [6.07, 6.45) is 39.0. The van der Waals surface area contributed by atoms with Gasteiger partial charge >= 0.3 is 0 Å². The average molecular weight is 647 g/mol. The van der Waals surface area contributed by atoms with E-state index in [0.717, 1.165) is 19.3 Å². The molecule has 0 fully saturated rings. The van der Waals surface area contributed by atoms with E-state index in [-0.39, 0.29) is 5.75 Å². The van der Waals surface area contributed by atoms with E-state index in [1.165, 1.54) is 173 Å². The number of ether oxygens (including phenoxy) is 3. The third-order valence-corrected chi connectivity index (χ3v) is 9.30. The highest BCUT2D eigenvalue weighted by atomic mass is 16.5. The topological polar surface area (TPSA) is 47.9 Å². The maximum Gasteiger partial charge on any atom is 0.207 e. The van der Waals surface area contributed by atoms with E-state index >= 15 is 0 Å². The Morgan fingerprint density at radius 2 is 0.630 bits per heavy atom. The van der Waals surface area contributed by atoms with Gasteiger partial charge in [-0.1, -0.05) is 194 Å². The quantitative estimate of drug-likeness (QED) is 0.0737. The molecule has 1 aromatic carbocycles. The van der Waals surface area contributed by atoms with Gasteiger partial charge in [0.15, 0.2) is 11.5 Å². The van der Waals surface area contributed by atoms with E-state index in [0.29, 0.717) is 37.1 Å². The zero-order valence-electron chi connectivity index (χ0n) is 31.2. The zero-order chi connectivity index (χ0) is 33.2. The van der Waals surface area contributed by atoms with Gasteiger partial charge in [0.05, 0.1) is 19.8 Å². The minimum atomic E-state index is 0.149. The molecule has 0 radical (unpaired) electrons. The molecule has 1 N–H and O–H groups in total. The van der Waals surface area contributed by atoms with Crippen molar-refractivity contribution in [3.8, 4) is 23.0 Å². The van der Waals surface area contributed by atoms with Crippen molar-refractivity contribution < 1.29 is 19.3 Å². The first-order valence-electron chi connectivity index (χ1n) is 20.5. The van der Waals surface area contributed by atoms with E-state index in [1.807, 2.05) is 6.07 Å². The number of phenolic OH excluding ortho intramolecular Hbond substituents is 1. The molecule has 4 heteroatoms. The Bertz CT molecular complexity index is 764. The molecule has 0 unspecified atom stereocenters. The molecule has 0 aliphatic rings. The van der Waals surface area contributed by atoms with Gasteiger partial charge in [0.1, 0.15) is 0 Å². The second-order valence-electron chi connectivity index (χ2n) is 13.8. The lowest BCUT2D eigenvalue weighted by atomic mass is 10.1. The van der Waals surface area contributed by atoms with Gasteiger partial charge in [0.25, 0.3) is 0 Å². The van der Waals surface area contributed by atoms with Crippen LogP contribution in [0.3, 0.4) is 0 Å². The Morgan fingerprint density at radius 1 is 0.348 bits per heavy atom. The highest BCUT2D eigenvalue weighted by Crippen LogP contribution is 2.44. The predicted molar refractivity (Wildman–Crippen MR) is 200 cm³/mol. The first-order chi connectivity index (χ1) is 22.7. The Kier molecular flexibility index (Phi) is 30.7. The van der Waals surface area contributed by atoms with Crippen molar-refractivity contribution in [1.29, 1.82) is 0 Å². The van der Waals surface area contributed by atoms with Gasteiger partial charge in [-0.25, -0.2) is 0 Å². The summed E-state index contributed by atoms with van der Waals surface area (Å²) in [4.78, 5) is 0. The fourth-order valence-corrected chi connectivity index (χ4v) is 6.22. The third kappa shape index (κ3) is 24.6. The first kappa shape index (κ1) is 42.4. The van der Waals surface area contributed by atoms with E-state index < -0.39 is 0 Å². The molecule has 0 amide bonds. The van der Waals surface area contributed by atoms with Gasteiger partial charge in [-0.3, -0.25) is 0 Å². The summed E-state index contributed by atoms with van der Waals surface area (Å²) in [5.41, 5.74) is 0. The Morgan fingerprint density at radius 3 is 0.978 bits per heavy atom. The highest BCUT2D eigenvalue weighted by molar-refractivity contribution is 5.58. The van der Waals surface area contributed by atoms with Crippen LogP contribution in [0.2, 0.25) is 0 Å².